The second kappa shape index (κ2) is 14.7. The number of aliphatic carboxylic acids is 2. The van der Waals surface area contributed by atoms with E-state index < -0.39 is 41.9 Å². The fourth-order valence-corrected chi connectivity index (χ4v) is 4.47. The van der Waals surface area contributed by atoms with E-state index in [1.54, 1.807) is 6.20 Å². The van der Waals surface area contributed by atoms with Crippen molar-refractivity contribution in [3.8, 4) is 0 Å². The lowest BCUT2D eigenvalue weighted by atomic mass is 10.0. The van der Waals surface area contributed by atoms with Crippen LogP contribution in [0.5, 0.6) is 0 Å². The summed E-state index contributed by atoms with van der Waals surface area (Å²) in [5.41, 5.74) is -2.51. The molecule has 46 heavy (non-hydrogen) atoms. The van der Waals surface area contributed by atoms with E-state index in [9.17, 15) is 49.1 Å². The van der Waals surface area contributed by atoms with Gasteiger partial charge in [0.1, 0.15) is 6.04 Å². The van der Waals surface area contributed by atoms with Crippen molar-refractivity contribution in [1.29, 1.82) is 0 Å². The lowest BCUT2D eigenvalue weighted by molar-refractivity contribution is -0.193. The molecule has 3 aromatic rings. The number of thioether (sulfide) groups is 1. The van der Waals surface area contributed by atoms with E-state index >= 15 is 0 Å². The Hall–Kier alpha value is -4.55. The number of para-hydroxylation sites is 1. The number of hydrogen-bond acceptors (Lipinski definition) is 6. The number of carboxylic acid groups (broad SMARTS) is 2. The van der Waals surface area contributed by atoms with E-state index in [2.05, 4.69) is 4.98 Å². The van der Waals surface area contributed by atoms with E-state index in [1.165, 1.54) is 29.2 Å². The lowest BCUT2D eigenvalue weighted by Crippen LogP contribution is -2.38. The first kappa shape index (κ1) is 37.6. The van der Waals surface area contributed by atoms with Gasteiger partial charge in [0.15, 0.2) is 0 Å². The summed E-state index contributed by atoms with van der Waals surface area (Å²) in [5, 5.41) is 15.1. The number of amides is 3. The summed E-state index contributed by atoms with van der Waals surface area (Å²) in [5.74, 6) is -6.05. The highest BCUT2D eigenvalue weighted by Gasteiger charge is 2.47. The van der Waals surface area contributed by atoms with Crippen molar-refractivity contribution in [3.63, 3.8) is 0 Å². The standard InChI is InChI=1S/C23H20F3N3O2S.2C2HF3O2/c1-14(2)20-21(30)29(16-7-9-17(10-8-16)32-23(24,25)26)22(31)28(20)13-15-11-12-27-19-6-4-3-5-18(15)19;2*3-2(4,5)1(6)7/h3-12,14,20H,13H2,1-2H3;2*(H,6,7)/t20-;;/m1../s1. The Morgan fingerprint density at radius 2 is 1.35 bits per heavy atom. The number of carbonyl (C=O) groups excluding carboxylic acids is 2. The maximum Gasteiger partial charge on any atom is 0.490 e. The molecular formula is C27H22F9N3O6S. The molecule has 0 unspecified atom stereocenters. The number of aromatic nitrogens is 1. The molecule has 4 rings (SSSR count). The molecule has 0 bridgehead atoms. The number of anilines is 1. The third kappa shape index (κ3) is 10.2. The van der Waals surface area contributed by atoms with Crippen LogP contribution in [0.4, 0.5) is 50.0 Å². The van der Waals surface area contributed by atoms with Gasteiger partial charge in [-0.25, -0.2) is 19.3 Å². The monoisotopic (exact) mass is 687 g/mol. The van der Waals surface area contributed by atoms with Crippen molar-refractivity contribution in [2.75, 3.05) is 4.90 Å². The average Bonchev–Trinajstić information content (AvgIpc) is 3.17. The molecule has 9 nitrogen and oxygen atoms in total. The summed E-state index contributed by atoms with van der Waals surface area (Å²) >= 11 is -0.242. The first-order valence-electron chi connectivity index (χ1n) is 12.5. The smallest absolute Gasteiger partial charge is 0.475 e. The van der Waals surface area contributed by atoms with Crippen molar-refractivity contribution in [3.05, 3.63) is 66.4 Å². The van der Waals surface area contributed by atoms with Crippen LogP contribution in [0.1, 0.15) is 19.4 Å². The molecule has 1 fully saturated rings. The van der Waals surface area contributed by atoms with Gasteiger partial charge in [-0.3, -0.25) is 9.78 Å². The fraction of sp³-hybridized carbons (Fsp3) is 0.296. The second-order valence-electron chi connectivity index (χ2n) is 9.41. The molecule has 1 aliphatic heterocycles. The van der Waals surface area contributed by atoms with E-state index in [0.717, 1.165) is 21.4 Å². The number of hydrogen-bond donors (Lipinski definition) is 2. The summed E-state index contributed by atoms with van der Waals surface area (Å²) in [6.07, 6.45) is -8.50. The zero-order chi connectivity index (χ0) is 35.2. The third-order valence-corrected chi connectivity index (χ3v) is 6.51. The zero-order valence-corrected chi connectivity index (χ0v) is 24.1. The molecule has 3 amide bonds. The van der Waals surface area contributed by atoms with Gasteiger partial charge in [-0.1, -0.05) is 32.0 Å². The highest BCUT2D eigenvalue weighted by molar-refractivity contribution is 8.00. The fourth-order valence-electron chi connectivity index (χ4n) is 3.93. The van der Waals surface area contributed by atoms with Gasteiger partial charge in [0.25, 0.3) is 5.91 Å². The first-order chi connectivity index (χ1) is 21.0. The summed E-state index contributed by atoms with van der Waals surface area (Å²) in [7, 11) is 0. The van der Waals surface area contributed by atoms with Crippen LogP contribution in [0, 0.1) is 5.92 Å². The summed E-state index contributed by atoms with van der Waals surface area (Å²) < 4.78 is 101. The predicted molar refractivity (Wildman–Crippen MR) is 145 cm³/mol. The number of nitrogens with zero attached hydrogens (tertiary/aromatic N) is 3. The molecule has 0 saturated carbocycles. The maximum absolute atomic E-state index is 13.3. The van der Waals surface area contributed by atoms with Crippen molar-refractivity contribution in [2.45, 2.75) is 49.2 Å². The lowest BCUT2D eigenvalue weighted by Gasteiger charge is -2.25. The molecule has 2 heterocycles. The van der Waals surface area contributed by atoms with Crippen LogP contribution in [0.3, 0.4) is 0 Å². The van der Waals surface area contributed by atoms with Crippen LogP contribution in [-0.2, 0) is 20.9 Å². The SMILES string of the molecule is CC(C)[C@@H]1C(=O)N(c2ccc(SC(F)(F)F)cc2)C(=O)N1Cc1ccnc2ccccc12.O=C(O)C(F)(F)F.O=C(O)C(F)(F)F. The number of fused-ring (bicyclic) bond motifs is 1. The van der Waals surface area contributed by atoms with Gasteiger partial charge in [0, 0.05) is 23.0 Å². The second-order valence-corrected chi connectivity index (χ2v) is 10.5. The topological polar surface area (TPSA) is 128 Å². The minimum Gasteiger partial charge on any atom is -0.475 e. The van der Waals surface area contributed by atoms with Gasteiger partial charge in [0.2, 0.25) is 0 Å². The van der Waals surface area contributed by atoms with Gasteiger partial charge in [-0.15, -0.1) is 0 Å². The van der Waals surface area contributed by atoms with E-state index in [1.807, 2.05) is 44.2 Å². The van der Waals surface area contributed by atoms with E-state index in [4.69, 9.17) is 19.8 Å². The highest BCUT2D eigenvalue weighted by Crippen LogP contribution is 2.38. The summed E-state index contributed by atoms with van der Waals surface area (Å²) in [6.45, 7) is 3.94. The zero-order valence-electron chi connectivity index (χ0n) is 23.3. The molecule has 19 heteroatoms. The quantitative estimate of drug-likeness (QED) is 0.165. The van der Waals surface area contributed by atoms with Crippen LogP contribution in [0.25, 0.3) is 10.9 Å². The minimum atomic E-state index is -5.08. The Morgan fingerprint density at radius 1 is 0.848 bits per heavy atom. The normalized spacial score (nSPS) is 15.3. The molecule has 1 saturated heterocycles. The Bertz CT molecular complexity index is 1530. The Balaban J connectivity index is 0.000000440. The number of carboxylic acids is 2. The van der Waals surface area contributed by atoms with Crippen LogP contribution in [0.15, 0.2) is 65.7 Å². The molecule has 1 aromatic heterocycles. The number of alkyl halides is 9. The number of imide groups is 1. The Labute approximate surface area is 257 Å². The molecule has 2 N–H and O–H groups in total. The molecule has 0 spiro atoms. The van der Waals surface area contributed by atoms with Crippen LogP contribution < -0.4 is 4.90 Å². The van der Waals surface area contributed by atoms with Gasteiger partial charge >= 0.3 is 35.8 Å². The molecule has 0 aliphatic carbocycles. The molecule has 250 valence electrons. The predicted octanol–water partition coefficient (Wildman–Crippen LogP) is 7.11. The average molecular weight is 688 g/mol. The minimum absolute atomic E-state index is 0.0131. The summed E-state index contributed by atoms with van der Waals surface area (Å²) in [6, 6.07) is 13.5. The first-order valence-corrected chi connectivity index (χ1v) is 13.3. The van der Waals surface area contributed by atoms with Crippen molar-refractivity contribution in [1.82, 2.24) is 9.88 Å². The largest absolute Gasteiger partial charge is 0.490 e. The molecule has 1 aliphatic rings. The van der Waals surface area contributed by atoms with Gasteiger partial charge < -0.3 is 15.1 Å². The third-order valence-electron chi connectivity index (χ3n) is 5.77. The van der Waals surface area contributed by atoms with Crippen molar-refractivity contribution < 1.29 is 68.9 Å². The van der Waals surface area contributed by atoms with Crippen LogP contribution in [0.2, 0.25) is 0 Å². The van der Waals surface area contributed by atoms with Gasteiger partial charge in [0.05, 0.1) is 11.2 Å². The van der Waals surface area contributed by atoms with Crippen molar-refractivity contribution >= 4 is 52.2 Å². The van der Waals surface area contributed by atoms with Gasteiger partial charge in [-0.2, -0.15) is 39.5 Å². The highest BCUT2D eigenvalue weighted by atomic mass is 32.2. The number of halogens is 9. The number of rotatable bonds is 5. The van der Waals surface area contributed by atoms with E-state index in [0.29, 0.717) is 0 Å². The molecule has 1 atom stereocenters. The summed E-state index contributed by atoms with van der Waals surface area (Å²) in [4.78, 5) is 51.2. The number of benzene rings is 2. The molecule has 0 radical (unpaired) electrons. The number of pyridine rings is 1. The maximum atomic E-state index is 13.3. The molecule has 2 aromatic carbocycles. The van der Waals surface area contributed by atoms with Crippen LogP contribution in [-0.4, -0.2) is 67.9 Å². The number of carbonyl (C=O) groups is 4. The number of urea groups is 1. The Morgan fingerprint density at radius 3 is 1.80 bits per heavy atom. The van der Waals surface area contributed by atoms with Gasteiger partial charge in [-0.05, 0) is 59.6 Å². The van der Waals surface area contributed by atoms with E-state index in [-0.39, 0.29) is 40.7 Å². The van der Waals surface area contributed by atoms with Crippen LogP contribution >= 0.6 is 11.8 Å². The molecular weight excluding hydrogens is 665 g/mol. The van der Waals surface area contributed by atoms with Crippen molar-refractivity contribution in [2.24, 2.45) is 5.92 Å². The Kier molecular flexibility index (Phi) is 12.0.